The molecule has 0 aliphatic heterocycles. The van der Waals surface area contributed by atoms with Crippen molar-refractivity contribution in [1.29, 1.82) is 0 Å². The van der Waals surface area contributed by atoms with Crippen molar-refractivity contribution < 1.29 is 0 Å². The molecule has 2 aromatic rings. The van der Waals surface area contributed by atoms with Crippen molar-refractivity contribution >= 4 is 33.4 Å². The number of hydrogen-bond acceptors (Lipinski definition) is 2. The Hall–Kier alpha value is -0.930. The van der Waals surface area contributed by atoms with Gasteiger partial charge in [0.25, 0.3) is 0 Å². The quantitative estimate of drug-likeness (QED) is 0.630. The smallest absolute Gasteiger partial charge is 0.0511 e. The van der Waals surface area contributed by atoms with Gasteiger partial charge in [0.2, 0.25) is 0 Å². The number of halogens is 1. The molecule has 2 aromatic carbocycles. The number of hydrogen-bond donors (Lipinski definition) is 1. The molecule has 0 saturated carbocycles. The molecule has 1 N–H and O–H groups in total. The summed E-state index contributed by atoms with van der Waals surface area (Å²) in [5, 5.41) is 3.68. The van der Waals surface area contributed by atoms with Crippen LogP contribution in [0.4, 0.5) is 5.69 Å². The summed E-state index contributed by atoms with van der Waals surface area (Å²) in [4.78, 5) is 1.32. The zero-order valence-corrected chi connectivity index (χ0v) is 14.3. The van der Waals surface area contributed by atoms with Gasteiger partial charge in [-0.25, -0.2) is 0 Å². The van der Waals surface area contributed by atoms with Gasteiger partial charge in [-0.2, -0.15) is 0 Å². The fraction of sp³-hybridized carbons (Fsp3) is 0.294. The number of anilines is 1. The third-order valence-electron chi connectivity index (χ3n) is 3.20. The Morgan fingerprint density at radius 3 is 2.40 bits per heavy atom. The van der Waals surface area contributed by atoms with E-state index >= 15 is 0 Å². The maximum absolute atomic E-state index is 3.68. The molecule has 1 atom stereocenters. The molecule has 0 radical (unpaired) electrons. The average Bonchev–Trinajstić information content (AvgIpc) is 2.48. The lowest BCUT2D eigenvalue weighted by Gasteiger charge is -2.21. The van der Waals surface area contributed by atoms with Crippen LogP contribution in [-0.2, 0) is 0 Å². The number of thioether (sulfide) groups is 1. The molecule has 1 nitrogen and oxygen atoms in total. The van der Waals surface area contributed by atoms with Gasteiger partial charge >= 0.3 is 0 Å². The highest BCUT2D eigenvalue weighted by molar-refractivity contribution is 9.10. The van der Waals surface area contributed by atoms with E-state index in [4.69, 9.17) is 0 Å². The molecule has 106 valence electrons. The normalized spacial score (nSPS) is 12.2. The van der Waals surface area contributed by atoms with E-state index < -0.39 is 0 Å². The Morgan fingerprint density at radius 2 is 1.75 bits per heavy atom. The fourth-order valence-electron chi connectivity index (χ4n) is 2.17. The minimum Gasteiger partial charge on any atom is -0.377 e. The van der Waals surface area contributed by atoms with Crippen molar-refractivity contribution in [1.82, 2.24) is 0 Å². The third kappa shape index (κ3) is 4.03. The van der Waals surface area contributed by atoms with Gasteiger partial charge in [0.1, 0.15) is 0 Å². The first-order chi connectivity index (χ1) is 9.74. The van der Waals surface area contributed by atoms with Crippen LogP contribution in [0.25, 0.3) is 0 Å². The second-order valence-electron chi connectivity index (χ2n) is 4.59. The average molecular weight is 350 g/mol. The molecular formula is C17H20BrNS. The van der Waals surface area contributed by atoms with E-state index in [1.165, 1.54) is 16.1 Å². The highest BCUT2D eigenvalue weighted by Crippen LogP contribution is 2.31. The number of benzene rings is 2. The van der Waals surface area contributed by atoms with Crippen molar-refractivity contribution in [2.75, 3.05) is 11.1 Å². The SMILES string of the molecule is CCSc1ccccc1NC(CC)c1ccc(Br)cc1. The maximum atomic E-state index is 3.68. The summed E-state index contributed by atoms with van der Waals surface area (Å²) < 4.78 is 1.12. The molecule has 0 aliphatic rings. The van der Waals surface area contributed by atoms with Crippen LogP contribution in [0.5, 0.6) is 0 Å². The molecule has 0 aromatic heterocycles. The number of rotatable bonds is 6. The topological polar surface area (TPSA) is 12.0 Å². The zero-order valence-electron chi connectivity index (χ0n) is 11.9. The Bertz CT molecular complexity index is 539. The standard InChI is InChI=1S/C17H20BrNS/c1-3-15(13-9-11-14(18)12-10-13)19-16-7-5-6-8-17(16)20-4-2/h5-12,15,19H,3-4H2,1-2H3. The van der Waals surface area contributed by atoms with Crippen LogP contribution in [0.3, 0.4) is 0 Å². The molecular weight excluding hydrogens is 330 g/mol. The first-order valence-electron chi connectivity index (χ1n) is 6.98. The van der Waals surface area contributed by atoms with Crippen molar-refractivity contribution in [3.63, 3.8) is 0 Å². The molecule has 0 fully saturated rings. The van der Waals surface area contributed by atoms with Crippen LogP contribution in [0, 0.1) is 0 Å². The molecule has 0 amide bonds. The summed E-state index contributed by atoms with van der Waals surface area (Å²) in [7, 11) is 0. The molecule has 0 aliphatic carbocycles. The molecule has 2 rings (SSSR count). The van der Waals surface area contributed by atoms with Gasteiger partial charge in [0.05, 0.1) is 6.04 Å². The highest BCUT2D eigenvalue weighted by atomic mass is 79.9. The fourth-order valence-corrected chi connectivity index (χ4v) is 3.20. The zero-order chi connectivity index (χ0) is 14.4. The second-order valence-corrected chi connectivity index (χ2v) is 6.81. The van der Waals surface area contributed by atoms with Crippen molar-refractivity contribution in [3.05, 3.63) is 58.6 Å². The summed E-state index contributed by atoms with van der Waals surface area (Å²) >= 11 is 5.37. The molecule has 0 saturated heterocycles. The van der Waals surface area contributed by atoms with Gasteiger partial charge in [0, 0.05) is 15.1 Å². The first kappa shape index (κ1) is 15.5. The Morgan fingerprint density at radius 1 is 1.05 bits per heavy atom. The Labute approximate surface area is 134 Å². The highest BCUT2D eigenvalue weighted by Gasteiger charge is 2.11. The van der Waals surface area contributed by atoms with Crippen molar-refractivity contribution in [2.45, 2.75) is 31.2 Å². The van der Waals surface area contributed by atoms with Gasteiger partial charge in [-0.3, -0.25) is 0 Å². The van der Waals surface area contributed by atoms with Crippen LogP contribution in [0.15, 0.2) is 57.9 Å². The molecule has 3 heteroatoms. The molecule has 0 heterocycles. The third-order valence-corrected chi connectivity index (χ3v) is 4.68. The summed E-state index contributed by atoms with van der Waals surface area (Å²) in [6.07, 6.45) is 1.06. The summed E-state index contributed by atoms with van der Waals surface area (Å²) in [5.41, 5.74) is 2.56. The largest absolute Gasteiger partial charge is 0.377 e. The van der Waals surface area contributed by atoms with E-state index in [-0.39, 0.29) is 0 Å². The van der Waals surface area contributed by atoms with Gasteiger partial charge in [0.15, 0.2) is 0 Å². The summed E-state index contributed by atoms with van der Waals surface area (Å²) in [6.45, 7) is 4.41. The Kier molecular flexibility index (Phi) is 5.99. The van der Waals surface area contributed by atoms with Gasteiger partial charge in [-0.1, -0.05) is 54.0 Å². The number of nitrogens with one attached hydrogen (secondary N) is 1. The van der Waals surface area contributed by atoms with E-state index in [0.717, 1.165) is 16.6 Å². The molecule has 0 spiro atoms. The predicted molar refractivity (Wildman–Crippen MR) is 93.6 cm³/mol. The van der Waals surface area contributed by atoms with E-state index in [0.29, 0.717) is 6.04 Å². The monoisotopic (exact) mass is 349 g/mol. The lowest BCUT2D eigenvalue weighted by molar-refractivity contribution is 0.746. The lowest BCUT2D eigenvalue weighted by Crippen LogP contribution is -2.10. The summed E-state index contributed by atoms with van der Waals surface area (Å²) in [5.74, 6) is 1.09. The molecule has 20 heavy (non-hydrogen) atoms. The Balaban J connectivity index is 2.20. The van der Waals surface area contributed by atoms with Gasteiger partial charge < -0.3 is 5.32 Å². The van der Waals surface area contributed by atoms with Crippen LogP contribution >= 0.6 is 27.7 Å². The van der Waals surface area contributed by atoms with Crippen LogP contribution in [0.2, 0.25) is 0 Å². The second kappa shape index (κ2) is 7.75. The predicted octanol–water partition coefficient (Wildman–Crippen LogP) is 6.12. The minimum atomic E-state index is 0.349. The molecule has 0 bridgehead atoms. The van der Waals surface area contributed by atoms with Gasteiger partial charge in [-0.05, 0) is 42.0 Å². The number of para-hydroxylation sites is 1. The van der Waals surface area contributed by atoms with Gasteiger partial charge in [-0.15, -0.1) is 11.8 Å². The van der Waals surface area contributed by atoms with Crippen LogP contribution in [0.1, 0.15) is 31.9 Å². The van der Waals surface area contributed by atoms with E-state index in [1.54, 1.807) is 0 Å². The maximum Gasteiger partial charge on any atom is 0.0511 e. The van der Waals surface area contributed by atoms with Crippen LogP contribution < -0.4 is 5.32 Å². The first-order valence-corrected chi connectivity index (χ1v) is 8.76. The van der Waals surface area contributed by atoms with E-state index in [1.807, 2.05) is 11.8 Å². The van der Waals surface area contributed by atoms with Crippen molar-refractivity contribution in [3.8, 4) is 0 Å². The molecule has 1 unspecified atom stereocenters. The van der Waals surface area contributed by atoms with E-state index in [9.17, 15) is 0 Å². The van der Waals surface area contributed by atoms with Crippen LogP contribution in [-0.4, -0.2) is 5.75 Å². The van der Waals surface area contributed by atoms with E-state index in [2.05, 4.69) is 83.6 Å². The van der Waals surface area contributed by atoms with Crippen molar-refractivity contribution in [2.24, 2.45) is 0 Å². The minimum absolute atomic E-state index is 0.349. The summed E-state index contributed by atoms with van der Waals surface area (Å²) in [6, 6.07) is 17.5. The lowest BCUT2D eigenvalue weighted by atomic mass is 10.0.